The molecule has 1 aliphatic rings. The minimum absolute atomic E-state index is 0.0340. The predicted octanol–water partition coefficient (Wildman–Crippen LogP) is 4.73. The van der Waals surface area contributed by atoms with Crippen LogP contribution in [0.2, 0.25) is 0 Å². The highest BCUT2D eigenvalue weighted by atomic mass is 32.2. The van der Waals surface area contributed by atoms with Crippen LogP contribution in [-0.4, -0.2) is 31.2 Å². The molecule has 0 spiro atoms. The Morgan fingerprint density at radius 2 is 1.71 bits per heavy atom. The fraction of sp³-hybridized carbons (Fsp3) is 0.458. The number of unbranched alkanes of at least 4 members (excludes halogenated alkanes) is 2. The maximum atomic E-state index is 13.6. The van der Waals surface area contributed by atoms with Crippen molar-refractivity contribution in [3.05, 3.63) is 65.5 Å². The van der Waals surface area contributed by atoms with Gasteiger partial charge in [-0.25, -0.2) is 12.8 Å². The van der Waals surface area contributed by atoms with E-state index in [0.717, 1.165) is 43.2 Å². The van der Waals surface area contributed by atoms with Crippen molar-refractivity contribution in [3.8, 4) is 0 Å². The predicted molar refractivity (Wildman–Crippen MR) is 120 cm³/mol. The number of amides is 1. The van der Waals surface area contributed by atoms with E-state index in [4.69, 9.17) is 0 Å². The van der Waals surface area contributed by atoms with Crippen molar-refractivity contribution < 1.29 is 17.6 Å². The lowest BCUT2D eigenvalue weighted by molar-refractivity contribution is -0.118. The van der Waals surface area contributed by atoms with Crippen molar-refractivity contribution in [2.45, 2.75) is 69.4 Å². The standard InChI is InChI=1S/C24H31FN2O3S/c1-18-7-14-23(15-8-18)31(29,30)27-22(6-4-3-5-17-26-19(2)28)13-16-24(27)20-9-11-21(25)12-10-20/h7-12,14-15,22,24H,3-6,13,16-17H2,1-2H3,(H,26,28). The highest BCUT2D eigenvalue weighted by Gasteiger charge is 2.42. The van der Waals surface area contributed by atoms with Crippen molar-refractivity contribution in [3.63, 3.8) is 0 Å². The molecule has 1 N–H and O–H groups in total. The summed E-state index contributed by atoms with van der Waals surface area (Å²) in [6, 6.07) is 12.7. The highest BCUT2D eigenvalue weighted by molar-refractivity contribution is 7.89. The molecule has 1 aliphatic heterocycles. The van der Waals surface area contributed by atoms with Crippen molar-refractivity contribution in [2.75, 3.05) is 6.54 Å². The monoisotopic (exact) mass is 446 g/mol. The number of nitrogens with one attached hydrogen (secondary N) is 1. The Morgan fingerprint density at radius 3 is 2.35 bits per heavy atom. The summed E-state index contributed by atoms with van der Waals surface area (Å²) in [5.74, 6) is -0.362. The molecule has 0 aliphatic carbocycles. The third kappa shape index (κ3) is 5.92. The number of nitrogens with zero attached hydrogens (tertiary/aromatic N) is 1. The van der Waals surface area contributed by atoms with Gasteiger partial charge in [-0.1, -0.05) is 42.7 Å². The van der Waals surface area contributed by atoms with Crippen LogP contribution in [0, 0.1) is 12.7 Å². The van der Waals surface area contributed by atoms with Gasteiger partial charge in [-0.3, -0.25) is 4.79 Å². The summed E-state index contributed by atoms with van der Waals surface area (Å²) >= 11 is 0. The number of hydrogen-bond donors (Lipinski definition) is 1. The van der Waals surface area contributed by atoms with E-state index in [2.05, 4.69) is 5.32 Å². The molecule has 5 nitrogen and oxygen atoms in total. The Morgan fingerprint density at radius 1 is 1.03 bits per heavy atom. The van der Waals surface area contributed by atoms with Crippen LogP contribution < -0.4 is 5.32 Å². The molecular weight excluding hydrogens is 415 g/mol. The quantitative estimate of drug-likeness (QED) is 0.567. The molecule has 0 bridgehead atoms. The zero-order valence-corrected chi connectivity index (χ0v) is 19.0. The first-order valence-corrected chi connectivity index (χ1v) is 12.3. The van der Waals surface area contributed by atoms with E-state index in [1.165, 1.54) is 19.1 Å². The van der Waals surface area contributed by atoms with Crippen LogP contribution in [0.4, 0.5) is 4.39 Å². The minimum Gasteiger partial charge on any atom is -0.356 e. The van der Waals surface area contributed by atoms with Crippen LogP contribution in [0.25, 0.3) is 0 Å². The summed E-state index contributed by atoms with van der Waals surface area (Å²) in [6.45, 7) is 4.07. The topological polar surface area (TPSA) is 66.5 Å². The summed E-state index contributed by atoms with van der Waals surface area (Å²) < 4.78 is 42.3. The SMILES string of the molecule is CC(=O)NCCCCCC1CCC(c2ccc(F)cc2)N1S(=O)(=O)c1ccc(C)cc1. The van der Waals surface area contributed by atoms with Gasteiger partial charge in [0.15, 0.2) is 0 Å². The average molecular weight is 447 g/mol. The summed E-state index contributed by atoms with van der Waals surface area (Å²) in [5, 5.41) is 2.79. The Kier molecular flexibility index (Phi) is 7.84. The van der Waals surface area contributed by atoms with E-state index in [0.29, 0.717) is 17.9 Å². The van der Waals surface area contributed by atoms with E-state index in [9.17, 15) is 17.6 Å². The lowest BCUT2D eigenvalue weighted by Crippen LogP contribution is -2.37. The molecule has 2 aromatic carbocycles. The van der Waals surface area contributed by atoms with Gasteiger partial charge in [0.1, 0.15) is 5.82 Å². The average Bonchev–Trinajstić information content (AvgIpc) is 3.16. The molecule has 1 fully saturated rings. The molecule has 2 atom stereocenters. The molecule has 168 valence electrons. The van der Waals surface area contributed by atoms with Crippen molar-refractivity contribution in [1.82, 2.24) is 9.62 Å². The van der Waals surface area contributed by atoms with Crippen LogP contribution in [0.5, 0.6) is 0 Å². The van der Waals surface area contributed by atoms with Gasteiger partial charge in [-0.2, -0.15) is 4.31 Å². The van der Waals surface area contributed by atoms with Gasteiger partial charge < -0.3 is 5.32 Å². The molecule has 1 heterocycles. The van der Waals surface area contributed by atoms with Gasteiger partial charge in [0.2, 0.25) is 15.9 Å². The third-order valence-electron chi connectivity index (χ3n) is 5.88. The number of aryl methyl sites for hydroxylation is 1. The summed E-state index contributed by atoms with van der Waals surface area (Å²) in [7, 11) is -3.69. The van der Waals surface area contributed by atoms with Gasteiger partial charge >= 0.3 is 0 Å². The Balaban J connectivity index is 1.78. The molecule has 0 radical (unpaired) electrons. The van der Waals surface area contributed by atoms with E-state index in [-0.39, 0.29) is 23.8 Å². The maximum Gasteiger partial charge on any atom is 0.243 e. The Bertz CT molecular complexity index is 975. The van der Waals surface area contributed by atoms with Gasteiger partial charge in [0.05, 0.1) is 10.9 Å². The van der Waals surface area contributed by atoms with E-state index in [1.807, 2.05) is 19.1 Å². The second-order valence-corrected chi connectivity index (χ2v) is 10.1. The third-order valence-corrected chi connectivity index (χ3v) is 7.86. The first-order valence-electron chi connectivity index (χ1n) is 10.9. The first kappa shape index (κ1) is 23.4. The van der Waals surface area contributed by atoms with Crippen LogP contribution in [0.3, 0.4) is 0 Å². The number of benzene rings is 2. The van der Waals surface area contributed by atoms with Crippen LogP contribution in [-0.2, 0) is 14.8 Å². The molecule has 0 saturated carbocycles. The van der Waals surface area contributed by atoms with Crippen LogP contribution in [0.1, 0.15) is 62.6 Å². The lowest BCUT2D eigenvalue weighted by Gasteiger charge is -2.30. The molecule has 1 saturated heterocycles. The molecular formula is C24H31FN2O3S. The fourth-order valence-electron chi connectivity index (χ4n) is 4.27. The van der Waals surface area contributed by atoms with Crippen molar-refractivity contribution in [1.29, 1.82) is 0 Å². The molecule has 1 amide bonds. The fourth-order valence-corrected chi connectivity index (χ4v) is 6.16. The number of carbonyl (C=O) groups is 1. The van der Waals surface area contributed by atoms with Crippen LogP contribution >= 0.6 is 0 Å². The minimum atomic E-state index is -3.69. The number of carbonyl (C=O) groups excluding carboxylic acids is 1. The van der Waals surface area contributed by atoms with E-state index < -0.39 is 10.0 Å². The highest BCUT2D eigenvalue weighted by Crippen LogP contribution is 2.42. The summed E-state index contributed by atoms with van der Waals surface area (Å²) in [4.78, 5) is 11.3. The Hall–Kier alpha value is -2.25. The Labute approximate surface area is 184 Å². The zero-order chi connectivity index (χ0) is 22.4. The van der Waals surface area contributed by atoms with E-state index in [1.54, 1.807) is 28.6 Å². The molecule has 31 heavy (non-hydrogen) atoms. The molecule has 0 aromatic heterocycles. The normalized spacial score (nSPS) is 19.5. The summed E-state index contributed by atoms with van der Waals surface area (Å²) in [6.07, 6.45) is 4.95. The van der Waals surface area contributed by atoms with Gasteiger partial charge in [0, 0.05) is 19.5 Å². The van der Waals surface area contributed by atoms with E-state index >= 15 is 0 Å². The zero-order valence-electron chi connectivity index (χ0n) is 18.2. The first-order chi connectivity index (χ1) is 14.8. The molecule has 2 unspecified atom stereocenters. The van der Waals surface area contributed by atoms with Gasteiger partial charge in [0.25, 0.3) is 0 Å². The van der Waals surface area contributed by atoms with Gasteiger partial charge in [-0.15, -0.1) is 0 Å². The lowest BCUT2D eigenvalue weighted by atomic mass is 10.0. The van der Waals surface area contributed by atoms with Crippen molar-refractivity contribution in [2.24, 2.45) is 0 Å². The smallest absolute Gasteiger partial charge is 0.243 e. The molecule has 3 rings (SSSR count). The molecule has 7 heteroatoms. The number of halogens is 1. The van der Waals surface area contributed by atoms with Crippen LogP contribution in [0.15, 0.2) is 53.4 Å². The molecule has 2 aromatic rings. The number of hydrogen-bond acceptors (Lipinski definition) is 3. The number of sulfonamides is 1. The second kappa shape index (κ2) is 10.4. The van der Waals surface area contributed by atoms with Gasteiger partial charge in [-0.05, 0) is 62.4 Å². The maximum absolute atomic E-state index is 13.6. The largest absolute Gasteiger partial charge is 0.356 e. The number of rotatable bonds is 9. The second-order valence-electron chi connectivity index (χ2n) is 8.28. The summed E-state index contributed by atoms with van der Waals surface area (Å²) in [5.41, 5.74) is 1.83. The van der Waals surface area contributed by atoms with Crippen molar-refractivity contribution >= 4 is 15.9 Å².